The third-order valence-electron chi connectivity index (χ3n) is 5.17. The minimum Gasteiger partial charge on any atom is -0.399 e. The summed E-state index contributed by atoms with van der Waals surface area (Å²) < 4.78 is 67.5. The fourth-order valence-corrected chi connectivity index (χ4v) is 3.67. The summed E-state index contributed by atoms with van der Waals surface area (Å²) in [5, 5.41) is 0. The summed E-state index contributed by atoms with van der Waals surface area (Å²) in [5.41, 5.74) is 0.365. The molecule has 1 aromatic carbocycles. The summed E-state index contributed by atoms with van der Waals surface area (Å²) >= 11 is 0. The van der Waals surface area contributed by atoms with Crippen molar-refractivity contribution >= 4 is 0 Å². The first-order valence-corrected chi connectivity index (χ1v) is 9.67. The molecule has 0 unspecified atom stereocenters. The van der Waals surface area contributed by atoms with E-state index in [2.05, 4.69) is 23.8 Å². The van der Waals surface area contributed by atoms with Gasteiger partial charge in [0, 0.05) is 0 Å². The van der Waals surface area contributed by atoms with Gasteiger partial charge in [-0.3, -0.25) is 0 Å². The standard InChI is InChI=1S/C21H27F5O/c1-2-3-4-5-6-15-7-9-16(10-8-15)11-12-17-13-18(22)20(19(23)14-17)27-21(24,25)26/h4-5,13-16H,2-3,6-12H2,1H3/b5-4+/t15-,16-. The monoisotopic (exact) mass is 390 g/mol. The molecule has 1 nitrogen and oxygen atoms in total. The molecule has 152 valence electrons. The summed E-state index contributed by atoms with van der Waals surface area (Å²) in [7, 11) is 0. The smallest absolute Gasteiger partial charge is 0.399 e. The molecule has 27 heavy (non-hydrogen) atoms. The van der Waals surface area contributed by atoms with Crippen molar-refractivity contribution < 1.29 is 26.7 Å². The van der Waals surface area contributed by atoms with Crippen LogP contribution >= 0.6 is 0 Å². The highest BCUT2D eigenvalue weighted by Crippen LogP contribution is 2.34. The number of halogens is 5. The quantitative estimate of drug-likeness (QED) is 0.333. The topological polar surface area (TPSA) is 9.23 Å². The summed E-state index contributed by atoms with van der Waals surface area (Å²) in [4.78, 5) is 0. The molecule has 1 aliphatic rings. The maximum absolute atomic E-state index is 13.8. The molecule has 0 radical (unpaired) electrons. The Bertz CT molecular complexity index is 592. The van der Waals surface area contributed by atoms with E-state index >= 15 is 0 Å². The highest BCUT2D eigenvalue weighted by atomic mass is 19.4. The van der Waals surface area contributed by atoms with Gasteiger partial charge in [0.2, 0.25) is 5.75 Å². The van der Waals surface area contributed by atoms with Crippen LogP contribution in [0.3, 0.4) is 0 Å². The van der Waals surface area contributed by atoms with Crippen molar-refractivity contribution in [3.8, 4) is 5.75 Å². The highest BCUT2D eigenvalue weighted by Gasteiger charge is 2.34. The van der Waals surface area contributed by atoms with Crippen molar-refractivity contribution in [3.05, 3.63) is 41.5 Å². The number of hydrogen-bond donors (Lipinski definition) is 0. The molecular weight excluding hydrogens is 363 g/mol. The van der Waals surface area contributed by atoms with Gasteiger partial charge in [0.1, 0.15) is 0 Å². The van der Waals surface area contributed by atoms with E-state index in [-0.39, 0.29) is 0 Å². The maximum atomic E-state index is 13.8. The molecule has 0 heterocycles. The number of rotatable bonds is 8. The van der Waals surface area contributed by atoms with Crippen LogP contribution in [0.2, 0.25) is 0 Å². The van der Waals surface area contributed by atoms with Crippen LogP contribution < -0.4 is 4.74 Å². The van der Waals surface area contributed by atoms with Gasteiger partial charge in [-0.25, -0.2) is 8.78 Å². The van der Waals surface area contributed by atoms with Crippen LogP contribution in [0.25, 0.3) is 0 Å². The molecule has 0 spiro atoms. The van der Waals surface area contributed by atoms with Crippen LogP contribution in [0.5, 0.6) is 5.75 Å². The fraction of sp³-hybridized carbons (Fsp3) is 0.619. The summed E-state index contributed by atoms with van der Waals surface area (Å²) in [6.07, 6.45) is 8.51. The molecule has 0 amide bonds. The number of aryl methyl sites for hydroxylation is 1. The summed E-state index contributed by atoms with van der Waals surface area (Å²) in [6.45, 7) is 2.16. The number of alkyl halides is 3. The van der Waals surface area contributed by atoms with Gasteiger partial charge in [-0.2, -0.15) is 0 Å². The van der Waals surface area contributed by atoms with Gasteiger partial charge in [-0.1, -0.05) is 38.3 Å². The van der Waals surface area contributed by atoms with E-state index in [0.29, 0.717) is 23.8 Å². The normalized spacial score (nSPS) is 21.0. The maximum Gasteiger partial charge on any atom is 0.573 e. The number of unbranched alkanes of at least 4 members (excludes halogenated alkanes) is 1. The lowest BCUT2D eigenvalue weighted by molar-refractivity contribution is -0.276. The summed E-state index contributed by atoms with van der Waals surface area (Å²) in [6, 6.07) is 1.88. The molecule has 1 aliphatic carbocycles. The van der Waals surface area contributed by atoms with Gasteiger partial charge >= 0.3 is 6.36 Å². The Morgan fingerprint density at radius 3 is 2.15 bits per heavy atom. The molecule has 2 rings (SSSR count). The van der Waals surface area contributed by atoms with E-state index in [1.807, 2.05) is 0 Å². The van der Waals surface area contributed by atoms with E-state index < -0.39 is 23.7 Å². The van der Waals surface area contributed by atoms with E-state index in [1.54, 1.807) is 0 Å². The van der Waals surface area contributed by atoms with Crippen LogP contribution in [-0.2, 0) is 6.42 Å². The first kappa shape index (κ1) is 21.7. The molecule has 0 N–H and O–H groups in total. The predicted molar refractivity (Wildman–Crippen MR) is 95.5 cm³/mol. The van der Waals surface area contributed by atoms with Gasteiger partial charge in [0.25, 0.3) is 0 Å². The zero-order valence-electron chi connectivity index (χ0n) is 15.6. The molecule has 0 saturated heterocycles. The van der Waals surface area contributed by atoms with Crippen molar-refractivity contribution in [3.63, 3.8) is 0 Å². The zero-order chi connectivity index (χ0) is 19.9. The minimum absolute atomic E-state index is 0.365. The first-order chi connectivity index (χ1) is 12.8. The number of allylic oxidation sites excluding steroid dienone is 2. The first-order valence-electron chi connectivity index (χ1n) is 9.67. The molecule has 6 heteroatoms. The lowest BCUT2D eigenvalue weighted by Gasteiger charge is -2.28. The Labute approximate surface area is 157 Å². The highest BCUT2D eigenvalue weighted by molar-refractivity contribution is 5.31. The summed E-state index contributed by atoms with van der Waals surface area (Å²) in [5.74, 6) is -2.81. The molecule has 1 saturated carbocycles. The second-order valence-corrected chi connectivity index (χ2v) is 7.36. The van der Waals surface area contributed by atoms with Gasteiger partial charge in [0.05, 0.1) is 0 Å². The third kappa shape index (κ3) is 7.51. The molecule has 1 aromatic rings. The molecule has 0 bridgehead atoms. The number of ether oxygens (including phenoxy) is 1. The van der Waals surface area contributed by atoms with Crippen molar-refractivity contribution in [1.82, 2.24) is 0 Å². The van der Waals surface area contributed by atoms with Crippen LogP contribution in [0.15, 0.2) is 24.3 Å². The van der Waals surface area contributed by atoms with E-state index in [1.165, 1.54) is 0 Å². The van der Waals surface area contributed by atoms with Crippen molar-refractivity contribution in [2.45, 2.75) is 71.1 Å². The Morgan fingerprint density at radius 2 is 1.59 bits per heavy atom. The second kappa shape index (κ2) is 10.1. The zero-order valence-corrected chi connectivity index (χ0v) is 15.6. The van der Waals surface area contributed by atoms with Crippen molar-refractivity contribution in [2.24, 2.45) is 11.8 Å². The van der Waals surface area contributed by atoms with Crippen LogP contribution in [0.1, 0.15) is 63.9 Å². The van der Waals surface area contributed by atoms with E-state index in [4.69, 9.17) is 0 Å². The van der Waals surface area contributed by atoms with Crippen LogP contribution in [0.4, 0.5) is 22.0 Å². The molecule has 1 fully saturated rings. The van der Waals surface area contributed by atoms with Gasteiger partial charge in [0.15, 0.2) is 11.6 Å². The predicted octanol–water partition coefficient (Wildman–Crippen LogP) is 7.35. The van der Waals surface area contributed by atoms with Gasteiger partial charge in [-0.15, -0.1) is 13.2 Å². The lowest BCUT2D eigenvalue weighted by atomic mass is 9.78. The molecule has 0 atom stereocenters. The third-order valence-corrected chi connectivity index (χ3v) is 5.17. The molecular formula is C21H27F5O. The van der Waals surface area contributed by atoms with Gasteiger partial charge < -0.3 is 4.74 Å². The van der Waals surface area contributed by atoms with Crippen LogP contribution in [0, 0.1) is 23.5 Å². The Kier molecular flexibility index (Phi) is 8.11. The Balaban J connectivity index is 1.80. The van der Waals surface area contributed by atoms with Crippen molar-refractivity contribution in [1.29, 1.82) is 0 Å². The van der Waals surface area contributed by atoms with Gasteiger partial charge in [-0.05, 0) is 68.1 Å². The SMILES string of the molecule is CCC/C=C/C[C@H]1CC[C@H](CCc2cc(F)c(OC(F)(F)F)c(F)c2)CC1. The van der Waals surface area contributed by atoms with E-state index in [0.717, 1.165) is 63.5 Å². The van der Waals surface area contributed by atoms with Crippen LogP contribution in [-0.4, -0.2) is 6.36 Å². The second-order valence-electron chi connectivity index (χ2n) is 7.36. The average molecular weight is 390 g/mol. The fourth-order valence-electron chi connectivity index (χ4n) is 3.67. The Hall–Kier alpha value is -1.59. The average Bonchev–Trinajstić information content (AvgIpc) is 2.60. The largest absolute Gasteiger partial charge is 0.573 e. The lowest BCUT2D eigenvalue weighted by Crippen LogP contribution is -2.19. The van der Waals surface area contributed by atoms with Crippen molar-refractivity contribution in [2.75, 3.05) is 0 Å². The van der Waals surface area contributed by atoms with E-state index in [9.17, 15) is 22.0 Å². The number of hydrogen-bond acceptors (Lipinski definition) is 1. The number of benzene rings is 1. The Morgan fingerprint density at radius 1 is 1.00 bits per heavy atom. The minimum atomic E-state index is -5.12. The molecule has 0 aliphatic heterocycles. The molecule has 0 aromatic heterocycles.